The number of anilines is 1. The zero-order valence-corrected chi connectivity index (χ0v) is 11.4. The van der Waals surface area contributed by atoms with E-state index < -0.39 is 0 Å². The van der Waals surface area contributed by atoms with Gasteiger partial charge >= 0.3 is 0 Å². The fraction of sp³-hybridized carbons (Fsp3) is 0.786. The first kappa shape index (κ1) is 12.9. The average molecular weight is 265 g/mol. The van der Waals surface area contributed by atoms with Crippen molar-refractivity contribution in [3.63, 3.8) is 0 Å². The molecule has 2 fully saturated rings. The summed E-state index contributed by atoms with van der Waals surface area (Å²) in [6.45, 7) is 5.84. The number of rotatable bonds is 4. The van der Waals surface area contributed by atoms with Crippen LogP contribution < -0.4 is 4.90 Å². The SMILES string of the molecule is OCc1coc(N2CCC(CN3CCCC3)CC2)n1. The third-order valence-electron chi connectivity index (χ3n) is 4.30. The second-order valence-electron chi connectivity index (χ2n) is 5.72. The Bertz CT molecular complexity index is 393. The van der Waals surface area contributed by atoms with Crippen molar-refractivity contribution in [3.8, 4) is 0 Å². The molecule has 1 N–H and O–H groups in total. The van der Waals surface area contributed by atoms with Gasteiger partial charge in [-0.05, 0) is 44.7 Å². The maximum atomic E-state index is 9.00. The minimum atomic E-state index is -0.0467. The number of hydrogen-bond donors (Lipinski definition) is 1. The molecule has 0 unspecified atom stereocenters. The van der Waals surface area contributed by atoms with Crippen molar-refractivity contribution in [2.24, 2.45) is 5.92 Å². The molecule has 0 atom stereocenters. The lowest BCUT2D eigenvalue weighted by molar-refractivity contribution is 0.247. The molecule has 0 aromatic carbocycles. The quantitative estimate of drug-likeness (QED) is 0.893. The number of hydrogen-bond acceptors (Lipinski definition) is 5. The minimum Gasteiger partial charge on any atom is -0.432 e. The monoisotopic (exact) mass is 265 g/mol. The first-order valence-corrected chi connectivity index (χ1v) is 7.37. The van der Waals surface area contributed by atoms with Crippen LogP contribution in [-0.4, -0.2) is 47.7 Å². The van der Waals surface area contributed by atoms with Crippen LogP contribution in [0.25, 0.3) is 0 Å². The highest BCUT2D eigenvalue weighted by Gasteiger charge is 2.24. The number of aliphatic hydroxyl groups excluding tert-OH is 1. The van der Waals surface area contributed by atoms with Gasteiger partial charge in [0, 0.05) is 19.6 Å². The Labute approximate surface area is 114 Å². The molecule has 0 spiro atoms. The van der Waals surface area contributed by atoms with E-state index in [0.29, 0.717) is 11.7 Å². The molecule has 1 aromatic rings. The van der Waals surface area contributed by atoms with Gasteiger partial charge in [0.05, 0.1) is 6.61 Å². The van der Waals surface area contributed by atoms with E-state index in [2.05, 4.69) is 14.8 Å². The van der Waals surface area contributed by atoms with Crippen molar-refractivity contribution in [1.29, 1.82) is 0 Å². The summed E-state index contributed by atoms with van der Waals surface area (Å²) in [5, 5.41) is 9.00. The Hall–Kier alpha value is -1.07. The minimum absolute atomic E-state index is 0.0467. The lowest BCUT2D eigenvalue weighted by Crippen LogP contribution is -2.38. The molecule has 0 amide bonds. The summed E-state index contributed by atoms with van der Waals surface area (Å²) >= 11 is 0. The zero-order valence-electron chi connectivity index (χ0n) is 11.4. The molecule has 2 aliphatic heterocycles. The van der Waals surface area contributed by atoms with E-state index in [1.54, 1.807) is 6.26 Å². The van der Waals surface area contributed by atoms with Gasteiger partial charge < -0.3 is 19.3 Å². The molecule has 2 saturated heterocycles. The van der Waals surface area contributed by atoms with Gasteiger partial charge in [0.1, 0.15) is 12.0 Å². The van der Waals surface area contributed by atoms with Crippen molar-refractivity contribution in [2.45, 2.75) is 32.3 Å². The van der Waals surface area contributed by atoms with Crippen LogP contribution in [-0.2, 0) is 6.61 Å². The molecule has 2 aliphatic rings. The van der Waals surface area contributed by atoms with E-state index >= 15 is 0 Å². The van der Waals surface area contributed by atoms with Crippen LogP contribution in [0, 0.1) is 5.92 Å². The third kappa shape index (κ3) is 3.09. The molecule has 1 aromatic heterocycles. The highest BCUT2D eigenvalue weighted by atomic mass is 16.4. The Morgan fingerprint density at radius 3 is 2.58 bits per heavy atom. The maximum Gasteiger partial charge on any atom is 0.297 e. The molecular formula is C14H23N3O2. The summed E-state index contributed by atoms with van der Waals surface area (Å²) in [7, 11) is 0. The average Bonchev–Trinajstić information content (AvgIpc) is 3.10. The maximum absolute atomic E-state index is 9.00. The molecule has 106 valence electrons. The Morgan fingerprint density at radius 1 is 1.21 bits per heavy atom. The fourth-order valence-corrected chi connectivity index (χ4v) is 3.15. The summed E-state index contributed by atoms with van der Waals surface area (Å²) < 4.78 is 5.41. The molecule has 0 bridgehead atoms. The van der Waals surface area contributed by atoms with Crippen molar-refractivity contribution in [3.05, 3.63) is 12.0 Å². The first-order chi connectivity index (χ1) is 9.35. The van der Waals surface area contributed by atoms with Crippen LogP contribution in [0.3, 0.4) is 0 Å². The number of likely N-dealkylation sites (tertiary alicyclic amines) is 1. The van der Waals surface area contributed by atoms with Crippen LogP contribution in [0.2, 0.25) is 0 Å². The van der Waals surface area contributed by atoms with E-state index in [1.807, 2.05) is 0 Å². The number of aromatic nitrogens is 1. The molecule has 0 radical (unpaired) electrons. The molecule has 5 heteroatoms. The third-order valence-corrected chi connectivity index (χ3v) is 4.30. The molecule has 0 saturated carbocycles. The van der Waals surface area contributed by atoms with Gasteiger partial charge in [-0.25, -0.2) is 0 Å². The summed E-state index contributed by atoms with van der Waals surface area (Å²) in [5.41, 5.74) is 0.620. The molecule has 5 nitrogen and oxygen atoms in total. The van der Waals surface area contributed by atoms with Gasteiger partial charge in [-0.3, -0.25) is 0 Å². The number of aliphatic hydroxyl groups is 1. The standard InChI is InChI=1S/C14H23N3O2/c18-10-13-11-19-14(15-13)17-7-3-12(4-8-17)9-16-5-1-2-6-16/h11-12,18H,1-10H2. The van der Waals surface area contributed by atoms with Gasteiger partial charge in [0.2, 0.25) is 0 Å². The molecule has 0 aliphatic carbocycles. The molecule has 3 heterocycles. The summed E-state index contributed by atoms with van der Waals surface area (Å²) in [6.07, 6.45) is 6.73. The molecule has 3 rings (SSSR count). The van der Waals surface area contributed by atoms with Crippen molar-refractivity contribution in [1.82, 2.24) is 9.88 Å². The molecular weight excluding hydrogens is 242 g/mol. The molecule has 19 heavy (non-hydrogen) atoms. The predicted octanol–water partition coefficient (Wildman–Crippen LogP) is 1.48. The number of nitrogens with zero attached hydrogens (tertiary/aromatic N) is 3. The largest absolute Gasteiger partial charge is 0.432 e. The Morgan fingerprint density at radius 2 is 1.95 bits per heavy atom. The van der Waals surface area contributed by atoms with Crippen molar-refractivity contribution in [2.75, 3.05) is 37.6 Å². The van der Waals surface area contributed by atoms with Gasteiger partial charge in [-0.15, -0.1) is 0 Å². The predicted molar refractivity (Wildman–Crippen MR) is 73.0 cm³/mol. The van der Waals surface area contributed by atoms with E-state index in [-0.39, 0.29) is 6.61 Å². The summed E-state index contributed by atoms with van der Waals surface area (Å²) in [4.78, 5) is 9.08. The Kier molecular flexibility index (Phi) is 4.03. The zero-order chi connectivity index (χ0) is 13.1. The van der Waals surface area contributed by atoms with Crippen LogP contribution >= 0.6 is 0 Å². The smallest absolute Gasteiger partial charge is 0.297 e. The first-order valence-electron chi connectivity index (χ1n) is 7.37. The van der Waals surface area contributed by atoms with Crippen LogP contribution in [0.1, 0.15) is 31.4 Å². The Balaban J connectivity index is 1.48. The number of oxazole rings is 1. The van der Waals surface area contributed by atoms with Crippen molar-refractivity contribution < 1.29 is 9.52 Å². The number of piperidine rings is 1. The van der Waals surface area contributed by atoms with E-state index in [4.69, 9.17) is 9.52 Å². The van der Waals surface area contributed by atoms with E-state index in [0.717, 1.165) is 19.0 Å². The van der Waals surface area contributed by atoms with Gasteiger partial charge in [-0.1, -0.05) is 0 Å². The second-order valence-corrected chi connectivity index (χ2v) is 5.72. The normalized spacial score (nSPS) is 22.3. The summed E-state index contributed by atoms with van der Waals surface area (Å²) in [5.74, 6) is 0.821. The lowest BCUT2D eigenvalue weighted by Gasteiger charge is -2.32. The van der Waals surface area contributed by atoms with Gasteiger partial charge in [-0.2, -0.15) is 4.98 Å². The van der Waals surface area contributed by atoms with Gasteiger partial charge in [0.15, 0.2) is 0 Å². The second kappa shape index (κ2) is 5.92. The van der Waals surface area contributed by atoms with Crippen LogP contribution in [0.4, 0.5) is 6.01 Å². The van der Waals surface area contributed by atoms with Gasteiger partial charge in [0.25, 0.3) is 6.01 Å². The fourth-order valence-electron chi connectivity index (χ4n) is 3.15. The van der Waals surface area contributed by atoms with Crippen LogP contribution in [0.5, 0.6) is 0 Å². The van der Waals surface area contributed by atoms with Crippen molar-refractivity contribution >= 4 is 6.01 Å². The van der Waals surface area contributed by atoms with E-state index in [9.17, 15) is 0 Å². The topological polar surface area (TPSA) is 52.7 Å². The summed E-state index contributed by atoms with van der Waals surface area (Å²) in [6, 6.07) is 0.670. The highest BCUT2D eigenvalue weighted by molar-refractivity contribution is 5.27. The highest BCUT2D eigenvalue weighted by Crippen LogP contribution is 2.24. The van der Waals surface area contributed by atoms with Crippen LogP contribution in [0.15, 0.2) is 10.7 Å². The lowest BCUT2D eigenvalue weighted by atomic mass is 9.96. The van der Waals surface area contributed by atoms with E-state index in [1.165, 1.54) is 45.3 Å².